The summed E-state index contributed by atoms with van der Waals surface area (Å²) in [5.41, 5.74) is 4.76. The van der Waals surface area contributed by atoms with Crippen LogP contribution in [0.5, 0.6) is 0 Å². The number of fused-ring (bicyclic) bond motifs is 3. The van der Waals surface area contributed by atoms with Crippen molar-refractivity contribution in [3.63, 3.8) is 0 Å². The minimum absolute atomic E-state index is 0.0312. The molecule has 0 saturated heterocycles. The smallest absolute Gasteiger partial charge is 0.407 e. The highest BCUT2D eigenvalue weighted by Crippen LogP contribution is 2.44. The molecule has 1 aliphatic rings. The monoisotopic (exact) mass is 1080 g/mol. The molecule has 0 aromatic heterocycles. The molecule has 17 nitrogen and oxygen atoms in total. The fourth-order valence-corrected chi connectivity index (χ4v) is 8.32. The first kappa shape index (κ1) is 67.0. The molecule has 1 amide bonds. The predicted molar refractivity (Wildman–Crippen MR) is 293 cm³/mol. The lowest BCUT2D eigenvalue weighted by Gasteiger charge is -2.14. The molecule has 1 aliphatic carbocycles. The number of nitrogens with one attached hydrogen (secondary N) is 1. The topological polar surface area (TPSA) is 175 Å². The van der Waals surface area contributed by atoms with Crippen LogP contribution in [-0.2, 0) is 71.1 Å². The second kappa shape index (κ2) is 51.2. The highest BCUT2D eigenvalue weighted by atomic mass is 16.6. The first-order valence-corrected chi connectivity index (χ1v) is 28.9. The molecule has 0 bridgehead atoms. The number of amides is 1. The van der Waals surface area contributed by atoms with Crippen molar-refractivity contribution in [3.8, 4) is 11.1 Å². The minimum Gasteiger partial charge on any atom is -0.463 e. The molecule has 0 heterocycles. The molecule has 0 spiro atoms. The Balaban J connectivity index is 0.886. The van der Waals surface area contributed by atoms with Crippen molar-refractivity contribution in [3.05, 3.63) is 59.7 Å². The standard InChI is InChI=1S/C59H99NO16/c1-2-3-4-5-6-7-8-9-10-11-12-13-14-15-16-25-58(61)75-51-50-74-49-48-73-47-46-72-45-44-71-43-42-70-41-40-69-39-38-68-37-36-67-35-34-66-33-32-65-31-30-64-29-28-63-27-26-60-59(62)76-52-57-55-23-19-17-21-53(55)54-22-18-20-24-56(54)57/h17-24,57H,2-16,25-52H2,1H3,(H,60,62). The lowest BCUT2D eigenvalue weighted by Crippen LogP contribution is -2.29. The molecule has 1 N–H and O–H groups in total. The number of hydrogen-bond donors (Lipinski definition) is 1. The Bertz CT molecular complexity index is 1580. The third-order valence-corrected chi connectivity index (χ3v) is 12.4. The summed E-state index contributed by atoms with van der Waals surface area (Å²) in [5, 5.41) is 2.75. The summed E-state index contributed by atoms with van der Waals surface area (Å²) >= 11 is 0. The van der Waals surface area contributed by atoms with Crippen molar-refractivity contribution in [1.29, 1.82) is 0 Å². The Labute approximate surface area is 456 Å². The Morgan fingerprint density at radius 2 is 0.645 bits per heavy atom. The van der Waals surface area contributed by atoms with E-state index in [1.54, 1.807) is 0 Å². The first-order chi connectivity index (χ1) is 37.7. The quantitative estimate of drug-likeness (QED) is 0.0489. The summed E-state index contributed by atoms with van der Waals surface area (Å²) in [6, 6.07) is 16.5. The van der Waals surface area contributed by atoms with Crippen LogP contribution in [0.4, 0.5) is 4.79 Å². The SMILES string of the molecule is CCCCCCCCCCCCCCCCCC(=O)OCCOCCOCCOCCOCCOCCOCCOCCOCCOCCOCCOCCOCCNC(=O)OCC1c2ccccc2-c2ccccc21. The fourth-order valence-electron chi connectivity index (χ4n) is 8.32. The van der Waals surface area contributed by atoms with Gasteiger partial charge in [0.2, 0.25) is 0 Å². The Hall–Kier alpha value is -3.30. The van der Waals surface area contributed by atoms with Crippen molar-refractivity contribution < 1.29 is 75.9 Å². The molecule has 0 fully saturated rings. The maximum atomic E-state index is 12.3. The number of carbonyl (C=O) groups is 2. The van der Waals surface area contributed by atoms with E-state index in [9.17, 15) is 9.59 Å². The van der Waals surface area contributed by atoms with Crippen molar-refractivity contribution in [2.24, 2.45) is 0 Å². The zero-order valence-corrected chi connectivity index (χ0v) is 46.6. The molecule has 3 rings (SSSR count). The predicted octanol–water partition coefficient (Wildman–Crippen LogP) is 9.53. The van der Waals surface area contributed by atoms with Gasteiger partial charge in [0.05, 0.1) is 159 Å². The van der Waals surface area contributed by atoms with Crippen LogP contribution < -0.4 is 5.32 Å². The molecule has 0 radical (unpaired) electrons. The van der Waals surface area contributed by atoms with Gasteiger partial charge in [-0.2, -0.15) is 0 Å². The lowest BCUT2D eigenvalue weighted by atomic mass is 9.98. The Morgan fingerprint density at radius 3 is 0.987 bits per heavy atom. The molecular weight excluding hydrogens is 979 g/mol. The van der Waals surface area contributed by atoms with Gasteiger partial charge in [0, 0.05) is 18.9 Å². The van der Waals surface area contributed by atoms with E-state index >= 15 is 0 Å². The van der Waals surface area contributed by atoms with Gasteiger partial charge in [-0.1, -0.05) is 145 Å². The van der Waals surface area contributed by atoms with Crippen LogP contribution in [0, 0.1) is 0 Å². The number of carbonyl (C=O) groups excluding carboxylic acids is 2. The van der Waals surface area contributed by atoms with Gasteiger partial charge in [0.1, 0.15) is 13.2 Å². The van der Waals surface area contributed by atoms with Crippen molar-refractivity contribution in [2.75, 3.05) is 178 Å². The Morgan fingerprint density at radius 1 is 0.355 bits per heavy atom. The summed E-state index contributed by atoms with van der Waals surface area (Å²) in [4.78, 5) is 24.2. The second-order valence-corrected chi connectivity index (χ2v) is 18.5. The van der Waals surface area contributed by atoms with E-state index in [4.69, 9.17) is 66.3 Å². The van der Waals surface area contributed by atoms with Gasteiger partial charge in [0.25, 0.3) is 0 Å². The highest BCUT2D eigenvalue weighted by molar-refractivity contribution is 5.79. The number of benzene rings is 2. The van der Waals surface area contributed by atoms with Gasteiger partial charge in [0.15, 0.2) is 0 Å². The molecule has 2 aromatic rings. The maximum Gasteiger partial charge on any atom is 0.407 e. The summed E-state index contributed by atoms with van der Waals surface area (Å²) in [6.07, 6.45) is 19.7. The first-order valence-electron chi connectivity index (χ1n) is 28.9. The van der Waals surface area contributed by atoms with Crippen LogP contribution in [0.2, 0.25) is 0 Å². The van der Waals surface area contributed by atoms with E-state index in [2.05, 4.69) is 36.5 Å². The van der Waals surface area contributed by atoms with Crippen molar-refractivity contribution in [1.82, 2.24) is 5.32 Å². The molecule has 2 aromatic carbocycles. The number of hydrogen-bond acceptors (Lipinski definition) is 16. The average molecular weight is 1080 g/mol. The van der Waals surface area contributed by atoms with Gasteiger partial charge in [-0.25, -0.2) is 4.79 Å². The summed E-state index contributed by atoms with van der Waals surface area (Å²) < 4.78 is 77.2. The number of unbranched alkanes of at least 4 members (excludes halogenated alkanes) is 14. The maximum absolute atomic E-state index is 12.3. The van der Waals surface area contributed by atoms with Crippen LogP contribution in [-0.4, -0.2) is 190 Å². The number of ether oxygens (including phenoxy) is 14. The van der Waals surface area contributed by atoms with Gasteiger partial charge in [-0.05, 0) is 28.7 Å². The minimum atomic E-state index is -0.455. The van der Waals surface area contributed by atoms with E-state index in [1.807, 2.05) is 24.3 Å². The molecule has 436 valence electrons. The van der Waals surface area contributed by atoms with E-state index in [1.165, 1.54) is 106 Å². The Kier molecular flexibility index (Phi) is 45.1. The number of rotatable bonds is 57. The van der Waals surface area contributed by atoms with Gasteiger partial charge in [-0.3, -0.25) is 4.79 Å². The van der Waals surface area contributed by atoms with Gasteiger partial charge < -0.3 is 71.6 Å². The van der Waals surface area contributed by atoms with E-state index in [0.29, 0.717) is 172 Å². The zero-order chi connectivity index (χ0) is 53.7. The normalized spacial score (nSPS) is 12.1. The third-order valence-electron chi connectivity index (χ3n) is 12.4. The largest absolute Gasteiger partial charge is 0.463 e. The molecule has 0 unspecified atom stereocenters. The van der Waals surface area contributed by atoms with Crippen LogP contribution in [0.15, 0.2) is 48.5 Å². The second-order valence-electron chi connectivity index (χ2n) is 18.5. The van der Waals surface area contributed by atoms with Gasteiger partial charge >= 0.3 is 12.1 Å². The zero-order valence-electron chi connectivity index (χ0n) is 46.6. The van der Waals surface area contributed by atoms with Crippen molar-refractivity contribution in [2.45, 2.75) is 116 Å². The molecule has 76 heavy (non-hydrogen) atoms. The summed E-state index contributed by atoms with van der Waals surface area (Å²) in [5.74, 6) is -0.104. The average Bonchev–Trinajstić information content (AvgIpc) is 3.77. The van der Waals surface area contributed by atoms with Crippen LogP contribution in [0.1, 0.15) is 127 Å². The van der Waals surface area contributed by atoms with Gasteiger partial charge in [-0.15, -0.1) is 0 Å². The van der Waals surface area contributed by atoms with E-state index < -0.39 is 6.09 Å². The summed E-state index contributed by atoms with van der Waals surface area (Å²) in [7, 11) is 0. The van der Waals surface area contributed by atoms with Crippen LogP contribution in [0.25, 0.3) is 11.1 Å². The molecule has 0 saturated carbocycles. The lowest BCUT2D eigenvalue weighted by molar-refractivity contribution is -0.145. The fraction of sp³-hybridized carbons (Fsp3) is 0.763. The molecular formula is C59H99NO16. The van der Waals surface area contributed by atoms with E-state index in [-0.39, 0.29) is 25.1 Å². The third kappa shape index (κ3) is 37.5. The van der Waals surface area contributed by atoms with Crippen LogP contribution in [0.3, 0.4) is 0 Å². The highest BCUT2D eigenvalue weighted by Gasteiger charge is 2.29. The molecule has 0 aliphatic heterocycles. The summed E-state index contributed by atoms with van der Waals surface area (Å²) in [6.45, 7) is 14.3. The van der Waals surface area contributed by atoms with Crippen LogP contribution >= 0.6 is 0 Å². The molecule has 17 heteroatoms. The number of esters is 1. The van der Waals surface area contributed by atoms with Crippen molar-refractivity contribution >= 4 is 12.1 Å². The number of alkyl carbamates (subject to hydrolysis) is 1. The molecule has 0 atom stereocenters. The van der Waals surface area contributed by atoms with E-state index in [0.717, 1.165) is 12.8 Å².